The summed E-state index contributed by atoms with van der Waals surface area (Å²) in [6, 6.07) is 97.2. The van der Waals surface area contributed by atoms with E-state index < -0.39 is 0 Å². The maximum Gasteiger partial charge on any atom is 0.159 e. The topological polar surface area (TPSA) is 23.0 Å². The maximum absolute atomic E-state index is 7.05. The molecule has 0 bridgehead atoms. The summed E-state index contributed by atoms with van der Waals surface area (Å²) in [5, 5.41) is 9.52. The Kier molecular flexibility index (Phi) is 9.26. The van der Waals surface area contributed by atoms with Gasteiger partial charge in [0, 0.05) is 38.0 Å². The highest BCUT2D eigenvalue weighted by molar-refractivity contribution is 6.15. The maximum atomic E-state index is 7.05. The molecule has 0 aliphatic carbocycles. The summed E-state index contributed by atoms with van der Waals surface area (Å²) in [6.07, 6.45) is 0. The molecule has 0 radical (unpaired) electrons. The van der Waals surface area contributed by atoms with Gasteiger partial charge in [-0.2, -0.15) is 0 Å². The van der Waals surface area contributed by atoms with Gasteiger partial charge in [-0.3, -0.25) is 0 Å². The molecule has 15 aromatic rings. The van der Waals surface area contributed by atoms with Crippen LogP contribution < -0.4 is 0 Å². The predicted octanol–water partition coefficient (Wildman–Crippen LogP) is 19.3. The summed E-state index contributed by atoms with van der Waals surface area (Å²) in [7, 11) is 0. The van der Waals surface area contributed by atoms with Crippen molar-refractivity contribution in [3.63, 3.8) is 0 Å². The summed E-state index contributed by atoms with van der Waals surface area (Å²) >= 11 is 0. The second-order valence-corrected chi connectivity index (χ2v) is 19.3. The van der Waals surface area contributed by atoms with Crippen LogP contribution in [0.15, 0.2) is 271 Å². The highest BCUT2D eigenvalue weighted by Gasteiger charge is 2.21. The molecule has 340 valence electrons. The van der Waals surface area contributed by atoms with Crippen molar-refractivity contribution in [3.8, 4) is 67.0 Å². The summed E-state index contributed by atoms with van der Waals surface area (Å²) in [5.74, 6) is 0. The van der Waals surface area contributed by atoms with E-state index in [9.17, 15) is 0 Å². The highest BCUT2D eigenvalue weighted by atomic mass is 16.3. The number of furan rings is 1. The molecule has 0 spiro atoms. The first-order valence-electron chi connectivity index (χ1n) is 25.1. The number of hydrogen-bond donors (Lipinski definition) is 0. The molecule has 0 amide bonds. The minimum absolute atomic E-state index is 0.850. The summed E-state index contributed by atoms with van der Waals surface area (Å²) in [5.41, 5.74) is 20.2. The van der Waals surface area contributed by atoms with Gasteiger partial charge < -0.3 is 13.6 Å². The minimum atomic E-state index is 0.850. The quantitative estimate of drug-likeness (QED) is 0.156. The average molecular weight is 929 g/mol. The lowest BCUT2D eigenvalue weighted by Crippen LogP contribution is -1.95. The fourth-order valence-electron chi connectivity index (χ4n) is 11.5. The zero-order valence-corrected chi connectivity index (χ0v) is 39.7. The molecule has 0 atom stereocenters. The summed E-state index contributed by atoms with van der Waals surface area (Å²) in [6.45, 7) is 0. The van der Waals surface area contributed by atoms with Gasteiger partial charge in [-0.25, -0.2) is 0 Å². The van der Waals surface area contributed by atoms with E-state index in [1.807, 2.05) is 0 Å². The smallest absolute Gasteiger partial charge is 0.159 e. The van der Waals surface area contributed by atoms with Crippen LogP contribution in [0.5, 0.6) is 0 Å². The molecule has 73 heavy (non-hydrogen) atoms. The second kappa shape index (κ2) is 16.4. The van der Waals surface area contributed by atoms with Crippen molar-refractivity contribution in [1.29, 1.82) is 0 Å². The highest BCUT2D eigenvalue weighted by Crippen LogP contribution is 2.43. The molecule has 0 saturated heterocycles. The lowest BCUT2D eigenvalue weighted by molar-refractivity contribution is 0.666. The number of fused-ring (bicyclic) bond motifs is 10. The third-order valence-electron chi connectivity index (χ3n) is 15.1. The van der Waals surface area contributed by atoms with Gasteiger partial charge in [-0.1, -0.05) is 188 Å². The van der Waals surface area contributed by atoms with Crippen molar-refractivity contribution in [3.05, 3.63) is 267 Å². The first-order chi connectivity index (χ1) is 36.2. The Hall–Kier alpha value is -9.70. The average Bonchev–Trinajstić information content (AvgIpc) is 4.14. The molecule has 12 aromatic carbocycles. The molecule has 3 heterocycles. The van der Waals surface area contributed by atoms with Crippen LogP contribution >= 0.6 is 0 Å². The standard InChI is InChI=1S/C70H44N2O/c1-2-14-45(15-3-1)55-34-36-67-61(41-55)60-24-8-9-25-64(60)71(67)57-35-37-69-62(44-57)63-42-56(43-68(70(63)73-69)72-65-26-10-6-22-58(65)59-23-7-11-27-66(59)72)48-30-28-47(29-31-48)50-18-12-19-51(38-50)52-20-13-21-53(40-52)54-33-32-46-16-4-5-17-49(46)39-54/h1-44H. The van der Waals surface area contributed by atoms with E-state index in [1.165, 1.54) is 87.9 Å². The largest absolute Gasteiger partial charge is 0.454 e. The van der Waals surface area contributed by atoms with Crippen LogP contribution in [0.4, 0.5) is 0 Å². The number of nitrogens with zero attached hydrogens (tertiary/aromatic N) is 2. The predicted molar refractivity (Wildman–Crippen MR) is 307 cm³/mol. The lowest BCUT2D eigenvalue weighted by Gasteiger charge is -2.13. The molecular formula is C70H44N2O. The second-order valence-electron chi connectivity index (χ2n) is 19.3. The molecule has 0 N–H and O–H groups in total. The number of benzene rings is 12. The van der Waals surface area contributed by atoms with Crippen molar-refractivity contribution < 1.29 is 4.42 Å². The third kappa shape index (κ3) is 6.74. The zero-order chi connectivity index (χ0) is 48.0. The normalized spacial score (nSPS) is 11.8. The summed E-state index contributed by atoms with van der Waals surface area (Å²) in [4.78, 5) is 0. The fourth-order valence-corrected chi connectivity index (χ4v) is 11.5. The third-order valence-corrected chi connectivity index (χ3v) is 15.1. The van der Waals surface area contributed by atoms with Crippen LogP contribution in [-0.2, 0) is 0 Å². The zero-order valence-electron chi connectivity index (χ0n) is 39.7. The van der Waals surface area contributed by atoms with Gasteiger partial charge in [0.1, 0.15) is 5.58 Å². The van der Waals surface area contributed by atoms with E-state index in [2.05, 4.69) is 276 Å². The number of rotatable bonds is 7. The molecule has 0 unspecified atom stereocenters. The molecular weight excluding hydrogens is 885 g/mol. The Labute approximate surface area is 421 Å². The van der Waals surface area contributed by atoms with E-state index >= 15 is 0 Å². The van der Waals surface area contributed by atoms with Crippen molar-refractivity contribution >= 4 is 76.3 Å². The van der Waals surface area contributed by atoms with E-state index in [0.717, 1.165) is 55.5 Å². The number of para-hydroxylation sites is 3. The Balaban J connectivity index is 0.867. The van der Waals surface area contributed by atoms with Crippen LogP contribution in [0.25, 0.3) is 143 Å². The van der Waals surface area contributed by atoms with Crippen molar-refractivity contribution in [2.75, 3.05) is 0 Å². The van der Waals surface area contributed by atoms with Gasteiger partial charge in [0.2, 0.25) is 0 Å². The first-order valence-corrected chi connectivity index (χ1v) is 25.1. The Bertz CT molecular complexity index is 4610. The van der Waals surface area contributed by atoms with Gasteiger partial charge in [0.25, 0.3) is 0 Å². The SMILES string of the molecule is c1ccc(-c2ccc3c(c2)c2ccccc2n3-c2ccc3oc4c(-n5c6ccccc6c6ccccc65)cc(-c5ccc(-c6cccc(-c7cccc(-c8ccc9ccccc9c8)c7)c6)cc5)cc4c3c2)cc1. The molecule has 15 rings (SSSR count). The lowest BCUT2D eigenvalue weighted by atomic mass is 9.94. The Morgan fingerprint density at radius 3 is 1.38 bits per heavy atom. The van der Waals surface area contributed by atoms with Crippen LogP contribution in [0.2, 0.25) is 0 Å². The van der Waals surface area contributed by atoms with Gasteiger partial charge in [0.05, 0.1) is 27.8 Å². The van der Waals surface area contributed by atoms with Gasteiger partial charge in [-0.15, -0.1) is 0 Å². The first kappa shape index (κ1) is 41.1. The molecule has 0 fully saturated rings. The van der Waals surface area contributed by atoms with Crippen molar-refractivity contribution in [2.24, 2.45) is 0 Å². The van der Waals surface area contributed by atoms with Crippen LogP contribution in [0.1, 0.15) is 0 Å². The van der Waals surface area contributed by atoms with Crippen LogP contribution in [0, 0.1) is 0 Å². The van der Waals surface area contributed by atoms with E-state index in [1.54, 1.807) is 0 Å². The van der Waals surface area contributed by atoms with Crippen LogP contribution in [0.3, 0.4) is 0 Å². The molecule has 3 aromatic heterocycles. The molecule has 0 aliphatic heterocycles. The Morgan fingerprint density at radius 1 is 0.233 bits per heavy atom. The van der Waals surface area contributed by atoms with E-state index in [0.29, 0.717) is 0 Å². The Morgan fingerprint density at radius 2 is 0.699 bits per heavy atom. The molecule has 3 nitrogen and oxygen atoms in total. The van der Waals surface area contributed by atoms with Gasteiger partial charge >= 0.3 is 0 Å². The monoisotopic (exact) mass is 928 g/mol. The van der Waals surface area contributed by atoms with Crippen LogP contribution in [-0.4, -0.2) is 9.13 Å². The fraction of sp³-hybridized carbons (Fsp3) is 0. The van der Waals surface area contributed by atoms with E-state index in [4.69, 9.17) is 4.42 Å². The summed E-state index contributed by atoms with van der Waals surface area (Å²) < 4.78 is 11.9. The van der Waals surface area contributed by atoms with E-state index in [-0.39, 0.29) is 0 Å². The molecule has 0 saturated carbocycles. The molecule has 3 heteroatoms. The van der Waals surface area contributed by atoms with Gasteiger partial charge in [-0.05, 0) is 145 Å². The molecule has 0 aliphatic rings. The minimum Gasteiger partial charge on any atom is -0.454 e. The number of aromatic nitrogens is 2. The van der Waals surface area contributed by atoms with Crippen molar-refractivity contribution in [1.82, 2.24) is 9.13 Å². The van der Waals surface area contributed by atoms with Crippen molar-refractivity contribution in [2.45, 2.75) is 0 Å². The van der Waals surface area contributed by atoms with Gasteiger partial charge in [0.15, 0.2) is 5.58 Å². The number of hydrogen-bond acceptors (Lipinski definition) is 1.